The van der Waals surface area contributed by atoms with E-state index in [1.54, 1.807) is 20.2 Å². The molecule has 0 bridgehead atoms. The highest BCUT2D eigenvalue weighted by Gasteiger charge is 2.69. The van der Waals surface area contributed by atoms with E-state index in [4.69, 9.17) is 5.73 Å². The van der Waals surface area contributed by atoms with E-state index in [-0.39, 0.29) is 24.2 Å². The van der Waals surface area contributed by atoms with Crippen LogP contribution in [0.3, 0.4) is 0 Å². The lowest BCUT2D eigenvalue weighted by atomic mass is 9.52. The number of hydrogen-bond donors (Lipinski definition) is 3. The molecule has 39 heavy (non-hydrogen) atoms. The summed E-state index contributed by atoms with van der Waals surface area (Å²) < 4.78 is 0. The number of phenols is 1. The third-order valence-electron chi connectivity index (χ3n) is 9.15. The number of aromatic hydroxyl groups is 1. The van der Waals surface area contributed by atoms with Crippen LogP contribution in [-0.4, -0.2) is 102 Å². The summed E-state index contributed by atoms with van der Waals surface area (Å²) in [7, 11) is 6.88. The molecule has 3 aliphatic carbocycles. The molecule has 2 saturated carbocycles. The van der Waals surface area contributed by atoms with Crippen molar-refractivity contribution >= 4 is 34.7 Å². The molecule has 4 N–H and O–H groups in total. The number of amides is 1. The van der Waals surface area contributed by atoms with Crippen molar-refractivity contribution in [2.24, 2.45) is 29.4 Å². The normalized spacial score (nSPS) is 32.7. The number of aliphatic hydroxyl groups is 1. The number of ketones is 4. The highest BCUT2D eigenvalue weighted by Crippen LogP contribution is 2.52. The number of phenolic OH excluding ortho intramolecular Hbond substituents is 1. The standard InChI is InChI=1S/C28H36N4O7/c1-30(2)21-14(12-32-7-5-6-8-32)11-17(33)19-15(21)9-13-10-16-22(31(3)4)24(35)20(27(29)38)26(37)28(16,39)25(36)18(13)23(19)34/h11,13,16,18,20,22,33,39H,5-10,12H2,1-4H3,(H2,29,38)/t13-,16-,18?,20?,22-,28-/m0/s1. The van der Waals surface area contributed by atoms with E-state index in [2.05, 4.69) is 4.90 Å². The van der Waals surface area contributed by atoms with Crippen molar-refractivity contribution in [3.63, 3.8) is 0 Å². The van der Waals surface area contributed by atoms with Crippen molar-refractivity contribution in [2.75, 3.05) is 46.2 Å². The SMILES string of the molecule is CN(C)c1c(CN2CCCC2)cc(O)c2c1C[C@H]1C[C@H]3[C@H](N(C)C)C(=O)C(C(N)=O)C(=O)[C@@]3(O)C(=O)C1C2=O. The summed E-state index contributed by atoms with van der Waals surface area (Å²) in [5, 5.41) is 22.8. The van der Waals surface area contributed by atoms with Gasteiger partial charge in [-0.1, -0.05) is 0 Å². The third kappa shape index (κ3) is 3.93. The maximum Gasteiger partial charge on any atom is 0.235 e. The number of nitrogens with two attached hydrogens (primary N) is 1. The molecule has 0 aromatic heterocycles. The molecule has 1 amide bonds. The lowest BCUT2D eigenvalue weighted by molar-refractivity contribution is -0.181. The number of fused-ring (bicyclic) bond motifs is 3. The van der Waals surface area contributed by atoms with Crippen molar-refractivity contribution in [3.05, 3.63) is 22.8 Å². The average molecular weight is 541 g/mol. The fraction of sp³-hybridized carbons (Fsp3) is 0.607. The van der Waals surface area contributed by atoms with Gasteiger partial charge in [0.2, 0.25) is 5.91 Å². The second-order valence-corrected chi connectivity index (χ2v) is 11.9. The number of rotatable bonds is 5. The minimum atomic E-state index is -2.72. The van der Waals surface area contributed by atoms with E-state index >= 15 is 0 Å². The summed E-state index contributed by atoms with van der Waals surface area (Å²) in [5.41, 5.74) is 4.99. The Morgan fingerprint density at radius 3 is 2.31 bits per heavy atom. The highest BCUT2D eigenvalue weighted by molar-refractivity contribution is 6.32. The highest BCUT2D eigenvalue weighted by atomic mass is 16.3. The average Bonchev–Trinajstić information content (AvgIpc) is 3.33. The van der Waals surface area contributed by atoms with Gasteiger partial charge in [0.15, 0.2) is 34.7 Å². The number of hydrogen-bond acceptors (Lipinski definition) is 10. The Morgan fingerprint density at radius 1 is 1.10 bits per heavy atom. The first-order valence-electron chi connectivity index (χ1n) is 13.4. The maximum absolute atomic E-state index is 13.9. The minimum Gasteiger partial charge on any atom is -0.507 e. The molecule has 5 rings (SSSR count). The van der Waals surface area contributed by atoms with Crippen LogP contribution in [0.2, 0.25) is 0 Å². The smallest absolute Gasteiger partial charge is 0.235 e. The van der Waals surface area contributed by atoms with Gasteiger partial charge in [-0.15, -0.1) is 0 Å². The second-order valence-electron chi connectivity index (χ2n) is 11.9. The lowest BCUT2D eigenvalue weighted by Crippen LogP contribution is -2.74. The van der Waals surface area contributed by atoms with Gasteiger partial charge < -0.3 is 20.8 Å². The van der Waals surface area contributed by atoms with Gasteiger partial charge in [-0.3, -0.25) is 33.8 Å². The number of anilines is 1. The molecule has 1 aromatic carbocycles. The van der Waals surface area contributed by atoms with E-state index in [0.717, 1.165) is 37.2 Å². The molecule has 1 heterocycles. The number of carbonyl (C=O) groups excluding carboxylic acids is 5. The first-order chi connectivity index (χ1) is 18.3. The van der Waals surface area contributed by atoms with Crippen LogP contribution in [0.5, 0.6) is 5.75 Å². The van der Waals surface area contributed by atoms with Crippen LogP contribution in [0.15, 0.2) is 6.07 Å². The summed E-state index contributed by atoms with van der Waals surface area (Å²) in [6.45, 7) is 2.50. The molecule has 0 spiro atoms. The Kier molecular flexibility index (Phi) is 6.68. The molecule has 2 unspecified atom stereocenters. The summed E-state index contributed by atoms with van der Waals surface area (Å²) in [5.74, 6) is -10.3. The molecule has 210 valence electrons. The summed E-state index contributed by atoms with van der Waals surface area (Å²) in [6, 6.07) is 0.459. The second kappa shape index (κ2) is 9.50. The van der Waals surface area contributed by atoms with E-state index in [0.29, 0.717) is 12.1 Å². The van der Waals surface area contributed by atoms with Crippen LogP contribution >= 0.6 is 0 Å². The van der Waals surface area contributed by atoms with Crippen LogP contribution < -0.4 is 10.6 Å². The predicted molar refractivity (Wildman–Crippen MR) is 140 cm³/mol. The van der Waals surface area contributed by atoms with Crippen LogP contribution in [0.25, 0.3) is 0 Å². The quantitative estimate of drug-likeness (QED) is 0.416. The molecule has 0 radical (unpaired) electrons. The zero-order valence-corrected chi connectivity index (χ0v) is 22.8. The minimum absolute atomic E-state index is 0.0236. The maximum atomic E-state index is 13.9. The molecule has 1 aromatic rings. The Balaban J connectivity index is 1.63. The predicted octanol–water partition coefficient (Wildman–Crippen LogP) is -0.471. The van der Waals surface area contributed by atoms with Crippen LogP contribution in [0.1, 0.15) is 40.7 Å². The van der Waals surface area contributed by atoms with Crippen molar-refractivity contribution in [1.29, 1.82) is 0 Å². The van der Waals surface area contributed by atoms with E-state index < -0.39 is 64.4 Å². The largest absolute Gasteiger partial charge is 0.507 e. The van der Waals surface area contributed by atoms with Crippen LogP contribution in [0.4, 0.5) is 5.69 Å². The number of nitrogens with zero attached hydrogens (tertiary/aromatic N) is 3. The summed E-state index contributed by atoms with van der Waals surface area (Å²) in [4.78, 5) is 72.3. The van der Waals surface area contributed by atoms with Crippen LogP contribution in [-0.2, 0) is 32.1 Å². The molecule has 1 aliphatic heterocycles. The van der Waals surface area contributed by atoms with Crippen molar-refractivity contribution < 1.29 is 34.2 Å². The fourth-order valence-corrected chi connectivity index (χ4v) is 7.59. The summed E-state index contributed by atoms with van der Waals surface area (Å²) in [6.07, 6.45) is 2.49. The summed E-state index contributed by atoms with van der Waals surface area (Å²) >= 11 is 0. The monoisotopic (exact) mass is 540 g/mol. The molecular weight excluding hydrogens is 504 g/mol. The van der Waals surface area contributed by atoms with Gasteiger partial charge in [0, 0.05) is 32.2 Å². The molecule has 6 atom stereocenters. The van der Waals surface area contributed by atoms with Gasteiger partial charge in [-0.2, -0.15) is 0 Å². The van der Waals surface area contributed by atoms with Crippen molar-refractivity contribution in [1.82, 2.24) is 9.80 Å². The lowest BCUT2D eigenvalue weighted by Gasteiger charge is -2.52. The number of benzene rings is 1. The number of carbonyl (C=O) groups is 5. The van der Waals surface area contributed by atoms with Gasteiger partial charge in [0.1, 0.15) is 5.75 Å². The van der Waals surface area contributed by atoms with E-state index in [1.807, 2.05) is 19.0 Å². The van der Waals surface area contributed by atoms with Gasteiger partial charge in [-0.05, 0) is 76.0 Å². The van der Waals surface area contributed by atoms with Gasteiger partial charge >= 0.3 is 0 Å². The Hall–Kier alpha value is -3.15. The Labute approximate surface area is 226 Å². The van der Waals surface area contributed by atoms with Crippen molar-refractivity contribution in [2.45, 2.75) is 43.9 Å². The topological polar surface area (TPSA) is 162 Å². The zero-order chi connectivity index (χ0) is 28.5. The zero-order valence-electron chi connectivity index (χ0n) is 22.8. The molecule has 11 heteroatoms. The molecular formula is C28H36N4O7. The van der Waals surface area contributed by atoms with Crippen LogP contribution in [0, 0.1) is 23.7 Å². The first-order valence-corrected chi connectivity index (χ1v) is 13.4. The number of likely N-dealkylation sites (N-methyl/N-ethyl adjacent to an activating group) is 1. The fourth-order valence-electron chi connectivity index (χ4n) is 7.59. The van der Waals surface area contributed by atoms with E-state index in [9.17, 15) is 34.2 Å². The van der Waals surface area contributed by atoms with E-state index in [1.165, 1.54) is 4.90 Å². The Bertz CT molecular complexity index is 1280. The number of Topliss-reactive ketones (excluding diaryl/α,β-unsaturated/α-hetero) is 4. The van der Waals surface area contributed by atoms with Gasteiger partial charge in [0.05, 0.1) is 17.5 Å². The number of likely N-dealkylation sites (tertiary alicyclic amines) is 1. The Morgan fingerprint density at radius 2 is 1.74 bits per heavy atom. The molecule has 3 fully saturated rings. The van der Waals surface area contributed by atoms with Crippen molar-refractivity contribution in [3.8, 4) is 5.75 Å². The van der Waals surface area contributed by atoms with Gasteiger partial charge in [0.25, 0.3) is 0 Å². The van der Waals surface area contributed by atoms with Gasteiger partial charge in [-0.25, -0.2) is 0 Å². The molecule has 11 nitrogen and oxygen atoms in total. The third-order valence-corrected chi connectivity index (χ3v) is 9.15. The molecule has 4 aliphatic rings. The first kappa shape index (κ1) is 27.4. The number of primary amides is 1. The molecule has 1 saturated heterocycles.